The summed E-state index contributed by atoms with van der Waals surface area (Å²) in [7, 11) is 6.31. The minimum absolute atomic E-state index is 1.16. The number of nitrogens with zero attached hydrogens (tertiary/aromatic N) is 3. The molecule has 0 N–H and O–H groups in total. The Kier molecular flexibility index (Phi) is 5.34. The van der Waals surface area contributed by atoms with Crippen molar-refractivity contribution in [3.63, 3.8) is 0 Å². The van der Waals surface area contributed by atoms with Gasteiger partial charge in [-0.05, 0) is 49.1 Å². The van der Waals surface area contributed by atoms with Gasteiger partial charge in [0.15, 0.2) is 0 Å². The highest BCUT2D eigenvalue weighted by atomic mass is 15.1. The topological polar surface area (TPSA) is 10.4 Å². The molecular formula is C25H30N3+. The minimum Gasteiger partial charge on any atom is -0.378 e. The lowest BCUT2D eigenvalue weighted by Crippen LogP contribution is -2.35. The lowest BCUT2D eigenvalue weighted by molar-refractivity contribution is -0.646. The Hall–Kier alpha value is -2.81. The summed E-state index contributed by atoms with van der Waals surface area (Å²) in [5, 5.41) is 1.35. The Morgan fingerprint density at radius 3 is 2.32 bits per heavy atom. The van der Waals surface area contributed by atoms with Crippen LogP contribution in [0.5, 0.6) is 0 Å². The summed E-state index contributed by atoms with van der Waals surface area (Å²) in [6, 6.07) is 19.8. The molecule has 2 heterocycles. The second kappa shape index (κ2) is 8.05. The number of para-hydroxylation sites is 1. The van der Waals surface area contributed by atoms with E-state index in [2.05, 4.69) is 102 Å². The largest absolute Gasteiger partial charge is 0.378 e. The van der Waals surface area contributed by atoms with Gasteiger partial charge in [0.1, 0.15) is 7.05 Å². The number of aromatic nitrogens is 1. The lowest BCUT2D eigenvalue weighted by atomic mass is 10.1. The quantitative estimate of drug-likeness (QED) is 0.604. The van der Waals surface area contributed by atoms with Gasteiger partial charge in [0.2, 0.25) is 11.2 Å². The Labute approximate surface area is 168 Å². The fourth-order valence-electron chi connectivity index (χ4n) is 4.06. The van der Waals surface area contributed by atoms with E-state index in [1.807, 2.05) is 0 Å². The number of piperidine rings is 1. The summed E-state index contributed by atoms with van der Waals surface area (Å²) in [6.07, 6.45) is 8.39. The van der Waals surface area contributed by atoms with Crippen molar-refractivity contribution in [3.05, 3.63) is 65.9 Å². The fourth-order valence-corrected chi connectivity index (χ4v) is 4.06. The Morgan fingerprint density at radius 1 is 0.893 bits per heavy atom. The van der Waals surface area contributed by atoms with Gasteiger partial charge in [-0.15, -0.1) is 0 Å². The Balaban J connectivity index is 1.72. The van der Waals surface area contributed by atoms with E-state index in [1.165, 1.54) is 52.8 Å². The van der Waals surface area contributed by atoms with Crippen LogP contribution in [-0.4, -0.2) is 27.2 Å². The molecule has 0 bridgehead atoms. The molecule has 1 aliphatic rings. The van der Waals surface area contributed by atoms with Crippen molar-refractivity contribution in [1.29, 1.82) is 0 Å². The number of benzene rings is 2. The summed E-state index contributed by atoms with van der Waals surface area (Å²) in [6.45, 7) is 2.32. The molecule has 0 aliphatic carbocycles. The van der Waals surface area contributed by atoms with E-state index in [4.69, 9.17) is 0 Å². The number of aryl methyl sites for hydroxylation is 1. The maximum absolute atomic E-state index is 2.56. The van der Waals surface area contributed by atoms with Gasteiger partial charge in [-0.2, -0.15) is 4.57 Å². The van der Waals surface area contributed by atoms with Crippen LogP contribution in [0.1, 0.15) is 30.5 Å². The highest BCUT2D eigenvalue weighted by molar-refractivity contribution is 5.91. The molecule has 1 aliphatic heterocycles. The van der Waals surface area contributed by atoms with E-state index in [-0.39, 0.29) is 0 Å². The van der Waals surface area contributed by atoms with Gasteiger partial charge in [-0.25, -0.2) is 0 Å². The zero-order valence-electron chi connectivity index (χ0n) is 17.2. The first-order valence-electron chi connectivity index (χ1n) is 10.3. The Bertz CT molecular complexity index is 981. The first-order chi connectivity index (χ1) is 13.6. The fraction of sp³-hybridized carbons (Fsp3) is 0.320. The number of fused-ring (bicyclic) bond motifs is 1. The summed E-state index contributed by atoms with van der Waals surface area (Å²) in [5.74, 6) is 0. The molecule has 28 heavy (non-hydrogen) atoms. The van der Waals surface area contributed by atoms with E-state index in [0.29, 0.717) is 0 Å². The molecule has 3 heteroatoms. The van der Waals surface area contributed by atoms with Gasteiger partial charge < -0.3 is 9.80 Å². The molecule has 0 radical (unpaired) electrons. The SMILES string of the molecule is CN(C)c1ccc(/C=C/c2cc(N3CCCCC3)c3ccccc3[n+]2C)cc1. The first kappa shape index (κ1) is 18.5. The first-order valence-corrected chi connectivity index (χ1v) is 10.3. The molecule has 0 atom stereocenters. The standard InChI is InChI=1S/C25H30N3/c1-26(2)21-14-11-20(12-15-21)13-16-22-19-25(28-17-7-4-8-18-28)23-9-5-6-10-24(23)27(22)3/h5-6,9-16,19H,4,7-8,17-18H2,1-3H3/q+1. The normalized spacial score (nSPS) is 14.8. The molecule has 0 saturated carbocycles. The molecule has 3 nitrogen and oxygen atoms in total. The molecule has 0 amide bonds. The predicted octanol–water partition coefficient (Wildman–Crippen LogP) is 4.89. The molecule has 0 unspecified atom stereocenters. The van der Waals surface area contributed by atoms with Crippen molar-refractivity contribution >= 4 is 34.4 Å². The maximum atomic E-state index is 2.56. The molecule has 1 fully saturated rings. The van der Waals surface area contributed by atoms with Crippen molar-refractivity contribution in [1.82, 2.24) is 0 Å². The van der Waals surface area contributed by atoms with Crippen molar-refractivity contribution < 1.29 is 4.57 Å². The number of rotatable bonds is 4. The van der Waals surface area contributed by atoms with Crippen LogP contribution in [0.2, 0.25) is 0 Å². The van der Waals surface area contributed by atoms with Crippen LogP contribution in [0.25, 0.3) is 23.1 Å². The third-order valence-electron chi connectivity index (χ3n) is 5.77. The van der Waals surface area contributed by atoms with E-state index in [9.17, 15) is 0 Å². The third kappa shape index (κ3) is 3.75. The van der Waals surface area contributed by atoms with Crippen LogP contribution in [-0.2, 0) is 7.05 Å². The van der Waals surface area contributed by atoms with Crippen molar-refractivity contribution in [2.24, 2.45) is 7.05 Å². The number of anilines is 2. The lowest BCUT2D eigenvalue weighted by Gasteiger charge is -2.29. The molecule has 0 spiro atoms. The van der Waals surface area contributed by atoms with E-state index < -0.39 is 0 Å². The van der Waals surface area contributed by atoms with Gasteiger partial charge in [0, 0.05) is 51.1 Å². The molecular weight excluding hydrogens is 342 g/mol. The van der Waals surface area contributed by atoms with Gasteiger partial charge in [-0.1, -0.05) is 24.3 Å². The van der Waals surface area contributed by atoms with Crippen molar-refractivity contribution in [3.8, 4) is 0 Å². The summed E-state index contributed by atoms with van der Waals surface area (Å²) >= 11 is 0. The molecule has 1 aromatic heterocycles. The highest BCUT2D eigenvalue weighted by Crippen LogP contribution is 2.29. The molecule has 4 rings (SSSR count). The zero-order chi connectivity index (χ0) is 19.5. The summed E-state index contributed by atoms with van der Waals surface area (Å²) in [4.78, 5) is 4.69. The smallest absolute Gasteiger partial charge is 0.214 e. The predicted molar refractivity (Wildman–Crippen MR) is 121 cm³/mol. The third-order valence-corrected chi connectivity index (χ3v) is 5.77. The average Bonchev–Trinajstić information content (AvgIpc) is 2.74. The van der Waals surface area contributed by atoms with Crippen LogP contribution in [0.15, 0.2) is 54.6 Å². The second-order valence-electron chi connectivity index (χ2n) is 7.90. The second-order valence-corrected chi connectivity index (χ2v) is 7.90. The maximum Gasteiger partial charge on any atom is 0.214 e. The number of hydrogen-bond donors (Lipinski definition) is 0. The van der Waals surface area contributed by atoms with Crippen LogP contribution < -0.4 is 14.4 Å². The number of pyridine rings is 1. The molecule has 2 aromatic carbocycles. The summed E-state index contributed by atoms with van der Waals surface area (Å²) < 4.78 is 2.30. The van der Waals surface area contributed by atoms with Gasteiger partial charge in [-0.3, -0.25) is 0 Å². The summed E-state index contributed by atoms with van der Waals surface area (Å²) in [5.41, 5.74) is 6.33. The minimum atomic E-state index is 1.16. The van der Waals surface area contributed by atoms with Crippen LogP contribution in [0.3, 0.4) is 0 Å². The molecule has 144 valence electrons. The zero-order valence-corrected chi connectivity index (χ0v) is 17.2. The van der Waals surface area contributed by atoms with E-state index >= 15 is 0 Å². The van der Waals surface area contributed by atoms with Gasteiger partial charge in [0.25, 0.3) is 0 Å². The van der Waals surface area contributed by atoms with Crippen molar-refractivity contribution in [2.45, 2.75) is 19.3 Å². The highest BCUT2D eigenvalue weighted by Gasteiger charge is 2.19. The van der Waals surface area contributed by atoms with Crippen LogP contribution in [0.4, 0.5) is 11.4 Å². The van der Waals surface area contributed by atoms with E-state index in [1.54, 1.807) is 0 Å². The monoisotopic (exact) mass is 372 g/mol. The van der Waals surface area contributed by atoms with Crippen LogP contribution >= 0.6 is 0 Å². The average molecular weight is 373 g/mol. The van der Waals surface area contributed by atoms with Gasteiger partial charge >= 0.3 is 0 Å². The molecule has 1 saturated heterocycles. The van der Waals surface area contributed by atoms with E-state index in [0.717, 1.165) is 13.1 Å². The van der Waals surface area contributed by atoms with Crippen molar-refractivity contribution in [2.75, 3.05) is 37.0 Å². The number of hydrogen-bond acceptors (Lipinski definition) is 2. The van der Waals surface area contributed by atoms with Gasteiger partial charge in [0.05, 0.1) is 11.1 Å². The van der Waals surface area contributed by atoms with Crippen LogP contribution in [0, 0.1) is 0 Å². The Morgan fingerprint density at radius 2 is 1.61 bits per heavy atom. The molecule has 3 aromatic rings.